The van der Waals surface area contributed by atoms with Crippen LogP contribution in [0.25, 0.3) is 0 Å². The van der Waals surface area contributed by atoms with Gasteiger partial charge in [0.2, 0.25) is 0 Å². The second-order valence-electron chi connectivity index (χ2n) is 4.55. The maximum absolute atomic E-state index is 11.0. The number of rotatable bonds is 5. The van der Waals surface area contributed by atoms with Crippen molar-refractivity contribution >= 4 is 12.9 Å². The van der Waals surface area contributed by atoms with Gasteiger partial charge in [0.15, 0.2) is 0 Å². The highest BCUT2D eigenvalue weighted by molar-refractivity contribution is 7.60. The third-order valence-electron chi connectivity index (χ3n) is 3.05. The highest BCUT2D eigenvalue weighted by Crippen LogP contribution is 2.32. The zero-order valence-electron chi connectivity index (χ0n) is 10.6. The first-order chi connectivity index (χ1) is 9.05. The largest absolute Gasteiger partial charge is 0.356 e. The number of aryl methyl sites for hydroxylation is 2. The van der Waals surface area contributed by atoms with E-state index in [9.17, 15) is 4.57 Å². The molecule has 0 aliphatic carbocycles. The Balaban J connectivity index is 1.89. The average molecular weight is 276 g/mol. The van der Waals surface area contributed by atoms with Gasteiger partial charge < -0.3 is 9.79 Å². The molecule has 2 aromatic rings. The number of benzene rings is 2. The molecule has 0 aliphatic heterocycles. The lowest BCUT2D eigenvalue weighted by Gasteiger charge is -2.06. The van der Waals surface area contributed by atoms with Crippen molar-refractivity contribution in [3.8, 4) is 0 Å². The molecular weight excluding hydrogens is 259 g/mol. The Hall–Kier alpha value is -1.41. The summed E-state index contributed by atoms with van der Waals surface area (Å²) < 4.78 is 11.0. The molecule has 0 saturated heterocycles. The summed E-state index contributed by atoms with van der Waals surface area (Å²) in [6.07, 6.45) is 2.96. The van der Waals surface area contributed by atoms with Crippen LogP contribution in [0.4, 0.5) is 0 Å². The number of hydrogen-bond acceptors (Lipinski definition) is 1. The minimum atomic E-state index is -4.11. The zero-order valence-corrected chi connectivity index (χ0v) is 11.5. The molecule has 2 N–H and O–H groups in total. The van der Waals surface area contributed by atoms with Crippen LogP contribution in [0.5, 0.6) is 0 Å². The van der Waals surface area contributed by atoms with Crippen LogP contribution in [-0.4, -0.2) is 9.79 Å². The Morgan fingerprint density at radius 1 is 0.789 bits per heavy atom. The van der Waals surface area contributed by atoms with E-state index in [1.165, 1.54) is 17.7 Å². The molecule has 0 unspecified atom stereocenters. The molecule has 0 radical (unpaired) electrons. The molecule has 0 heterocycles. The van der Waals surface area contributed by atoms with Gasteiger partial charge in [0.25, 0.3) is 0 Å². The van der Waals surface area contributed by atoms with E-state index in [0.717, 1.165) is 24.8 Å². The minimum Gasteiger partial charge on any atom is -0.321 e. The number of hydrogen-bond donors (Lipinski definition) is 2. The quantitative estimate of drug-likeness (QED) is 0.825. The summed E-state index contributed by atoms with van der Waals surface area (Å²) >= 11 is 0. The van der Waals surface area contributed by atoms with E-state index in [0.29, 0.717) is 0 Å². The van der Waals surface area contributed by atoms with Crippen molar-refractivity contribution in [2.24, 2.45) is 0 Å². The third kappa shape index (κ3) is 4.32. The molecule has 0 amide bonds. The Bertz CT molecular complexity index is 558. The molecule has 0 saturated carbocycles. The summed E-state index contributed by atoms with van der Waals surface area (Å²) in [6, 6.07) is 16.9. The van der Waals surface area contributed by atoms with Crippen LogP contribution in [-0.2, 0) is 17.4 Å². The second-order valence-corrected chi connectivity index (χ2v) is 6.15. The van der Waals surface area contributed by atoms with Crippen LogP contribution in [0.2, 0.25) is 0 Å². The Labute approximate surface area is 113 Å². The van der Waals surface area contributed by atoms with E-state index in [2.05, 4.69) is 12.1 Å². The van der Waals surface area contributed by atoms with Crippen molar-refractivity contribution < 1.29 is 14.4 Å². The summed E-state index contributed by atoms with van der Waals surface area (Å²) in [5.41, 5.74) is 2.42. The van der Waals surface area contributed by atoms with Gasteiger partial charge in [-0.3, -0.25) is 4.57 Å². The molecule has 4 heteroatoms. The molecule has 3 nitrogen and oxygen atoms in total. The Kier molecular flexibility index (Phi) is 4.54. The van der Waals surface area contributed by atoms with E-state index >= 15 is 0 Å². The SMILES string of the molecule is O=P(O)(O)c1ccc(CCCc2ccccc2)cc1. The van der Waals surface area contributed by atoms with Crippen LogP contribution in [0.15, 0.2) is 54.6 Å². The molecule has 0 spiro atoms. The molecule has 0 atom stereocenters. The third-order valence-corrected chi connectivity index (χ3v) is 4.02. The first-order valence-corrected chi connectivity index (χ1v) is 7.86. The van der Waals surface area contributed by atoms with E-state index in [1.54, 1.807) is 12.1 Å². The van der Waals surface area contributed by atoms with Crippen molar-refractivity contribution in [3.05, 3.63) is 65.7 Å². The predicted octanol–water partition coefficient (Wildman–Crippen LogP) is 2.66. The van der Waals surface area contributed by atoms with Gasteiger partial charge in [-0.05, 0) is 42.5 Å². The van der Waals surface area contributed by atoms with Gasteiger partial charge in [0.1, 0.15) is 0 Å². The van der Waals surface area contributed by atoms with Gasteiger partial charge in [-0.2, -0.15) is 0 Å². The monoisotopic (exact) mass is 276 g/mol. The molecule has 2 rings (SSSR count). The molecule has 100 valence electrons. The lowest BCUT2D eigenvalue weighted by atomic mass is 10.0. The Morgan fingerprint density at radius 2 is 1.32 bits per heavy atom. The van der Waals surface area contributed by atoms with Crippen LogP contribution in [0, 0.1) is 0 Å². The van der Waals surface area contributed by atoms with Crippen LogP contribution >= 0.6 is 7.60 Å². The molecule has 0 bridgehead atoms. The minimum absolute atomic E-state index is 0.0827. The first kappa shape index (κ1) is 14.0. The van der Waals surface area contributed by atoms with Gasteiger partial charge in [0, 0.05) is 0 Å². The summed E-state index contributed by atoms with van der Waals surface area (Å²) in [6.45, 7) is 0. The molecular formula is C15H17O3P. The lowest BCUT2D eigenvalue weighted by molar-refractivity contribution is 0.387. The summed E-state index contributed by atoms with van der Waals surface area (Å²) in [7, 11) is -4.11. The van der Waals surface area contributed by atoms with Crippen LogP contribution < -0.4 is 5.30 Å². The van der Waals surface area contributed by atoms with E-state index in [-0.39, 0.29) is 5.30 Å². The summed E-state index contributed by atoms with van der Waals surface area (Å²) in [5, 5.41) is 0.0827. The van der Waals surface area contributed by atoms with Crippen LogP contribution in [0.3, 0.4) is 0 Å². The zero-order chi connectivity index (χ0) is 13.7. The van der Waals surface area contributed by atoms with Crippen molar-refractivity contribution in [3.63, 3.8) is 0 Å². The summed E-state index contributed by atoms with van der Waals surface area (Å²) in [5.74, 6) is 0. The van der Waals surface area contributed by atoms with Crippen molar-refractivity contribution in [2.75, 3.05) is 0 Å². The van der Waals surface area contributed by atoms with Crippen molar-refractivity contribution in [2.45, 2.75) is 19.3 Å². The van der Waals surface area contributed by atoms with E-state index < -0.39 is 7.60 Å². The molecule has 0 aliphatic rings. The van der Waals surface area contributed by atoms with Crippen molar-refractivity contribution in [1.29, 1.82) is 0 Å². The van der Waals surface area contributed by atoms with E-state index in [1.807, 2.05) is 18.2 Å². The van der Waals surface area contributed by atoms with Gasteiger partial charge in [0.05, 0.1) is 5.30 Å². The molecule has 19 heavy (non-hydrogen) atoms. The Morgan fingerprint density at radius 3 is 1.84 bits per heavy atom. The summed E-state index contributed by atoms with van der Waals surface area (Å²) in [4.78, 5) is 18.0. The smallest absolute Gasteiger partial charge is 0.321 e. The van der Waals surface area contributed by atoms with Gasteiger partial charge in [-0.25, -0.2) is 0 Å². The molecule has 0 fully saturated rings. The van der Waals surface area contributed by atoms with E-state index in [4.69, 9.17) is 9.79 Å². The van der Waals surface area contributed by atoms with Crippen molar-refractivity contribution in [1.82, 2.24) is 0 Å². The highest BCUT2D eigenvalue weighted by Gasteiger charge is 2.15. The predicted molar refractivity (Wildman–Crippen MR) is 76.6 cm³/mol. The standard InChI is InChI=1S/C15H17O3P/c16-19(17,18)15-11-9-14(10-12-15)8-4-7-13-5-2-1-3-6-13/h1-3,5-6,9-12H,4,7-8H2,(H2,16,17,18). The van der Waals surface area contributed by atoms with Gasteiger partial charge in [-0.1, -0.05) is 42.5 Å². The molecule has 0 aromatic heterocycles. The van der Waals surface area contributed by atoms with Gasteiger partial charge in [-0.15, -0.1) is 0 Å². The lowest BCUT2D eigenvalue weighted by Crippen LogP contribution is -2.03. The fourth-order valence-corrected chi connectivity index (χ4v) is 2.54. The normalized spacial score (nSPS) is 11.5. The highest BCUT2D eigenvalue weighted by atomic mass is 31.2. The van der Waals surface area contributed by atoms with Gasteiger partial charge >= 0.3 is 7.60 Å². The molecule has 2 aromatic carbocycles. The first-order valence-electron chi connectivity index (χ1n) is 6.25. The average Bonchev–Trinajstić information content (AvgIpc) is 2.39. The maximum atomic E-state index is 11.0. The maximum Gasteiger partial charge on any atom is 0.356 e. The van der Waals surface area contributed by atoms with Crippen LogP contribution in [0.1, 0.15) is 17.5 Å². The fourth-order valence-electron chi connectivity index (χ4n) is 2.00. The second kappa shape index (κ2) is 6.16. The topological polar surface area (TPSA) is 57.5 Å². The fraction of sp³-hybridized carbons (Fsp3) is 0.200.